The fourth-order valence-electron chi connectivity index (χ4n) is 2.67. The number of amides is 1. The zero-order valence-corrected chi connectivity index (χ0v) is 13.3. The fraction of sp³-hybridized carbons (Fsp3) is 0.312. The van der Waals surface area contributed by atoms with Crippen molar-refractivity contribution in [2.45, 2.75) is 32.6 Å². The van der Waals surface area contributed by atoms with Crippen LogP contribution < -0.4 is 5.32 Å². The van der Waals surface area contributed by atoms with Crippen LogP contribution in [0.5, 0.6) is 0 Å². The molecule has 0 radical (unpaired) electrons. The summed E-state index contributed by atoms with van der Waals surface area (Å²) in [4.78, 5) is 15.6. The van der Waals surface area contributed by atoms with Gasteiger partial charge in [0.1, 0.15) is 10.7 Å². The molecule has 1 aliphatic carbocycles. The van der Waals surface area contributed by atoms with Gasteiger partial charge in [0.15, 0.2) is 0 Å². The second kappa shape index (κ2) is 4.91. The Kier molecular flexibility index (Phi) is 3.00. The van der Waals surface area contributed by atoms with Crippen LogP contribution in [-0.2, 0) is 0 Å². The molecule has 0 bridgehead atoms. The Morgan fingerprint density at radius 1 is 1.27 bits per heavy atom. The molecule has 2 heterocycles. The van der Waals surface area contributed by atoms with Gasteiger partial charge in [-0.05, 0) is 49.9 Å². The molecular formula is C16H16N4OS. The molecule has 0 saturated heterocycles. The molecule has 6 heteroatoms. The molecule has 2 N–H and O–H groups in total. The molecule has 1 amide bonds. The predicted molar refractivity (Wildman–Crippen MR) is 87.6 cm³/mol. The van der Waals surface area contributed by atoms with Crippen LogP contribution in [0, 0.1) is 13.8 Å². The molecule has 3 aromatic rings. The van der Waals surface area contributed by atoms with Crippen LogP contribution in [0.2, 0.25) is 0 Å². The lowest BCUT2D eigenvalue weighted by molar-refractivity contribution is 0.102. The minimum Gasteiger partial charge on any atom is -0.351 e. The lowest BCUT2D eigenvalue weighted by Gasteiger charge is -1.97. The number of aryl methyl sites for hydroxylation is 2. The van der Waals surface area contributed by atoms with Gasteiger partial charge in [0.2, 0.25) is 5.13 Å². The summed E-state index contributed by atoms with van der Waals surface area (Å²) < 4.78 is 0. The van der Waals surface area contributed by atoms with Crippen LogP contribution in [0.3, 0.4) is 0 Å². The first kappa shape index (κ1) is 13.5. The third-order valence-electron chi connectivity index (χ3n) is 3.92. The molecule has 1 aromatic carbocycles. The van der Waals surface area contributed by atoms with Crippen molar-refractivity contribution in [1.82, 2.24) is 15.2 Å². The van der Waals surface area contributed by atoms with E-state index in [0.717, 1.165) is 21.5 Å². The Hall–Kier alpha value is -2.21. The number of hydrogen-bond donors (Lipinski definition) is 2. The van der Waals surface area contributed by atoms with E-state index in [9.17, 15) is 4.79 Å². The van der Waals surface area contributed by atoms with E-state index in [1.54, 1.807) is 0 Å². The number of fused-ring (bicyclic) bond motifs is 1. The van der Waals surface area contributed by atoms with E-state index in [-0.39, 0.29) is 5.91 Å². The molecule has 112 valence electrons. The second-order valence-corrected chi connectivity index (χ2v) is 6.91. The summed E-state index contributed by atoms with van der Waals surface area (Å²) in [6.45, 7) is 4.10. The van der Waals surface area contributed by atoms with E-state index < -0.39 is 0 Å². The summed E-state index contributed by atoms with van der Waals surface area (Å²) in [7, 11) is 0. The first-order valence-electron chi connectivity index (χ1n) is 7.35. The van der Waals surface area contributed by atoms with Gasteiger partial charge in [0.05, 0.1) is 0 Å². The molecule has 4 rings (SSSR count). The smallest absolute Gasteiger partial charge is 0.273 e. The van der Waals surface area contributed by atoms with Gasteiger partial charge in [-0.25, -0.2) is 0 Å². The lowest BCUT2D eigenvalue weighted by Crippen LogP contribution is -2.11. The van der Waals surface area contributed by atoms with Crippen molar-refractivity contribution in [2.75, 3.05) is 5.32 Å². The van der Waals surface area contributed by atoms with Crippen molar-refractivity contribution in [3.8, 4) is 0 Å². The van der Waals surface area contributed by atoms with Crippen LogP contribution in [0.25, 0.3) is 10.9 Å². The molecule has 1 fully saturated rings. The summed E-state index contributed by atoms with van der Waals surface area (Å²) in [5, 5.41) is 13.7. The third kappa shape index (κ3) is 2.39. The lowest BCUT2D eigenvalue weighted by atomic mass is 10.1. The number of aromatic nitrogens is 3. The van der Waals surface area contributed by atoms with Crippen LogP contribution in [0.1, 0.15) is 45.4 Å². The van der Waals surface area contributed by atoms with Crippen LogP contribution >= 0.6 is 11.3 Å². The molecule has 0 aliphatic heterocycles. The second-order valence-electron chi connectivity index (χ2n) is 5.90. The first-order valence-corrected chi connectivity index (χ1v) is 8.16. The highest BCUT2D eigenvalue weighted by molar-refractivity contribution is 7.15. The van der Waals surface area contributed by atoms with Crippen molar-refractivity contribution < 1.29 is 4.79 Å². The van der Waals surface area contributed by atoms with E-state index in [4.69, 9.17) is 0 Å². The number of aromatic amines is 1. The third-order valence-corrected chi connectivity index (χ3v) is 4.92. The number of carbonyl (C=O) groups excluding carboxylic acids is 1. The van der Waals surface area contributed by atoms with Crippen molar-refractivity contribution in [3.05, 3.63) is 40.0 Å². The summed E-state index contributed by atoms with van der Waals surface area (Å²) in [6, 6.07) is 6.06. The maximum absolute atomic E-state index is 12.4. The number of hydrogen-bond acceptors (Lipinski definition) is 4. The normalized spacial score (nSPS) is 14.5. The topological polar surface area (TPSA) is 70.7 Å². The highest BCUT2D eigenvalue weighted by Gasteiger charge is 2.27. The first-order chi connectivity index (χ1) is 10.6. The van der Waals surface area contributed by atoms with Crippen molar-refractivity contribution in [3.63, 3.8) is 0 Å². The molecule has 1 aliphatic rings. The Morgan fingerprint density at radius 3 is 2.86 bits per heavy atom. The minimum absolute atomic E-state index is 0.174. The van der Waals surface area contributed by atoms with Gasteiger partial charge >= 0.3 is 0 Å². The van der Waals surface area contributed by atoms with E-state index in [0.29, 0.717) is 16.7 Å². The quantitative estimate of drug-likeness (QED) is 0.773. The standard InChI is InChI=1S/C16H16N4OS/c1-8-5-9(2)11-7-13(17-12(11)6-8)14(21)18-16-20-19-15(22-16)10-3-4-10/h5-7,10,17H,3-4H2,1-2H3,(H,18,20,21). The van der Waals surface area contributed by atoms with Crippen molar-refractivity contribution in [2.24, 2.45) is 0 Å². The Morgan fingerprint density at radius 2 is 2.09 bits per heavy atom. The van der Waals surface area contributed by atoms with Gasteiger partial charge in [-0.2, -0.15) is 0 Å². The maximum atomic E-state index is 12.4. The van der Waals surface area contributed by atoms with E-state index >= 15 is 0 Å². The SMILES string of the molecule is Cc1cc(C)c2cc(C(=O)Nc3nnc(C4CC4)s3)[nH]c2c1. The molecule has 5 nitrogen and oxygen atoms in total. The van der Waals surface area contributed by atoms with Gasteiger partial charge < -0.3 is 4.98 Å². The molecule has 2 aromatic heterocycles. The van der Waals surface area contributed by atoms with E-state index in [2.05, 4.69) is 39.6 Å². The van der Waals surface area contributed by atoms with Crippen molar-refractivity contribution >= 4 is 33.3 Å². The van der Waals surface area contributed by atoms with Gasteiger partial charge in [-0.1, -0.05) is 17.4 Å². The average molecular weight is 312 g/mol. The average Bonchev–Trinajstić information content (AvgIpc) is 3.05. The van der Waals surface area contributed by atoms with Crippen LogP contribution in [0.4, 0.5) is 5.13 Å². The molecule has 0 spiro atoms. The predicted octanol–water partition coefficient (Wildman–Crippen LogP) is 3.77. The summed E-state index contributed by atoms with van der Waals surface area (Å²) in [5.74, 6) is 0.383. The number of anilines is 1. The van der Waals surface area contributed by atoms with E-state index in [1.807, 2.05) is 13.0 Å². The maximum Gasteiger partial charge on any atom is 0.273 e. The van der Waals surface area contributed by atoms with Crippen LogP contribution in [-0.4, -0.2) is 21.1 Å². The number of rotatable bonds is 3. The molecular weight excluding hydrogens is 296 g/mol. The number of nitrogens with zero attached hydrogens (tertiary/aromatic N) is 2. The monoisotopic (exact) mass is 312 g/mol. The highest BCUT2D eigenvalue weighted by atomic mass is 32.1. The molecule has 22 heavy (non-hydrogen) atoms. The number of H-pyrrole nitrogens is 1. The Labute approximate surface area is 131 Å². The largest absolute Gasteiger partial charge is 0.351 e. The molecule has 0 unspecified atom stereocenters. The number of benzene rings is 1. The van der Waals surface area contributed by atoms with Gasteiger partial charge in [0, 0.05) is 16.8 Å². The molecule has 1 saturated carbocycles. The summed E-state index contributed by atoms with van der Waals surface area (Å²) >= 11 is 1.47. The zero-order chi connectivity index (χ0) is 15.3. The van der Waals surface area contributed by atoms with Crippen LogP contribution in [0.15, 0.2) is 18.2 Å². The minimum atomic E-state index is -0.174. The zero-order valence-electron chi connectivity index (χ0n) is 12.4. The van der Waals surface area contributed by atoms with E-state index in [1.165, 1.54) is 29.7 Å². The van der Waals surface area contributed by atoms with Crippen molar-refractivity contribution in [1.29, 1.82) is 0 Å². The highest BCUT2D eigenvalue weighted by Crippen LogP contribution is 2.42. The van der Waals surface area contributed by atoms with Gasteiger partial charge in [-0.15, -0.1) is 10.2 Å². The Balaban J connectivity index is 1.60. The summed E-state index contributed by atoms with van der Waals surface area (Å²) in [5.41, 5.74) is 3.87. The number of nitrogens with one attached hydrogen (secondary N) is 2. The van der Waals surface area contributed by atoms with Gasteiger partial charge in [-0.3, -0.25) is 10.1 Å². The van der Waals surface area contributed by atoms with Gasteiger partial charge in [0.25, 0.3) is 5.91 Å². The molecule has 0 atom stereocenters. The summed E-state index contributed by atoms with van der Waals surface area (Å²) in [6.07, 6.45) is 2.37. The Bertz CT molecular complexity index is 876. The fourth-order valence-corrected chi connectivity index (χ4v) is 3.57. The number of carbonyl (C=O) groups is 1.